The molecular formula is C17H13N7S. The number of aromatic nitrogens is 6. The monoisotopic (exact) mass is 347 g/mol. The molecule has 5 heterocycles. The van der Waals surface area contributed by atoms with E-state index in [0.29, 0.717) is 0 Å². The van der Waals surface area contributed by atoms with Crippen molar-refractivity contribution in [3.8, 4) is 11.1 Å². The molecule has 7 nitrogen and oxygen atoms in total. The largest absolute Gasteiger partial charge is 0.323 e. The Morgan fingerprint density at radius 1 is 1.08 bits per heavy atom. The molecule has 0 fully saturated rings. The lowest BCUT2D eigenvalue weighted by atomic mass is 10.1. The van der Waals surface area contributed by atoms with Gasteiger partial charge in [0, 0.05) is 42.0 Å². The molecule has 5 aromatic heterocycles. The van der Waals surface area contributed by atoms with Crippen LogP contribution in [0.15, 0.2) is 54.4 Å². The summed E-state index contributed by atoms with van der Waals surface area (Å²) in [6.07, 6.45) is 5.42. The maximum absolute atomic E-state index is 4.79. The summed E-state index contributed by atoms with van der Waals surface area (Å²) in [4.78, 5) is 8.97. The quantitative estimate of drug-likeness (QED) is 0.541. The summed E-state index contributed by atoms with van der Waals surface area (Å²) in [7, 11) is 1.89. The average molecular weight is 347 g/mol. The fourth-order valence-electron chi connectivity index (χ4n) is 2.78. The predicted molar refractivity (Wildman–Crippen MR) is 98.1 cm³/mol. The highest BCUT2D eigenvalue weighted by atomic mass is 32.1. The van der Waals surface area contributed by atoms with Crippen LogP contribution in [0.5, 0.6) is 0 Å². The van der Waals surface area contributed by atoms with Crippen LogP contribution >= 0.6 is 11.3 Å². The molecule has 0 unspecified atom stereocenters. The second-order valence-corrected chi connectivity index (χ2v) is 6.58. The van der Waals surface area contributed by atoms with E-state index in [1.54, 1.807) is 26.9 Å². The van der Waals surface area contributed by atoms with Gasteiger partial charge in [0.25, 0.3) is 0 Å². The Kier molecular flexibility index (Phi) is 3.04. The maximum Gasteiger partial charge on any atom is 0.155 e. The third-order valence-corrected chi connectivity index (χ3v) is 4.91. The van der Waals surface area contributed by atoms with E-state index in [4.69, 9.17) is 4.98 Å². The molecule has 25 heavy (non-hydrogen) atoms. The number of aryl methyl sites for hydroxylation is 1. The number of pyridine rings is 2. The van der Waals surface area contributed by atoms with Gasteiger partial charge in [-0.05, 0) is 24.3 Å². The molecule has 0 bridgehead atoms. The summed E-state index contributed by atoms with van der Waals surface area (Å²) in [5.41, 5.74) is 3.94. The zero-order valence-corrected chi connectivity index (χ0v) is 14.1. The van der Waals surface area contributed by atoms with E-state index in [1.165, 1.54) is 0 Å². The molecule has 0 spiro atoms. The second kappa shape index (κ2) is 5.38. The van der Waals surface area contributed by atoms with Crippen LogP contribution in [0, 0.1) is 0 Å². The van der Waals surface area contributed by atoms with Crippen molar-refractivity contribution in [2.75, 3.05) is 5.32 Å². The van der Waals surface area contributed by atoms with Crippen LogP contribution < -0.4 is 5.32 Å². The van der Waals surface area contributed by atoms with Gasteiger partial charge in [-0.25, -0.2) is 14.5 Å². The minimum Gasteiger partial charge on any atom is -0.323 e. The van der Waals surface area contributed by atoms with Gasteiger partial charge in [0.15, 0.2) is 11.5 Å². The Morgan fingerprint density at radius 2 is 2.04 bits per heavy atom. The lowest BCUT2D eigenvalue weighted by Crippen LogP contribution is -1.96. The number of anilines is 2. The molecular weight excluding hydrogens is 334 g/mol. The van der Waals surface area contributed by atoms with Crippen LogP contribution in [0.2, 0.25) is 0 Å². The first-order valence-corrected chi connectivity index (χ1v) is 8.59. The fourth-order valence-corrected chi connectivity index (χ4v) is 3.68. The van der Waals surface area contributed by atoms with Gasteiger partial charge in [-0.15, -0.1) is 11.3 Å². The molecule has 0 aliphatic rings. The Morgan fingerprint density at radius 3 is 2.92 bits per heavy atom. The first kappa shape index (κ1) is 14.1. The molecule has 0 radical (unpaired) electrons. The average Bonchev–Trinajstić information content (AvgIpc) is 3.33. The Balaban J connectivity index is 1.59. The number of nitrogens with one attached hydrogen (secondary N) is 1. The van der Waals surface area contributed by atoms with Crippen molar-refractivity contribution in [3.05, 3.63) is 54.4 Å². The van der Waals surface area contributed by atoms with Crippen molar-refractivity contribution in [2.45, 2.75) is 0 Å². The first-order chi connectivity index (χ1) is 12.3. The number of nitrogens with zero attached hydrogens (tertiary/aromatic N) is 6. The molecule has 122 valence electrons. The molecule has 0 saturated carbocycles. The van der Waals surface area contributed by atoms with E-state index in [9.17, 15) is 0 Å². The highest BCUT2D eigenvalue weighted by Crippen LogP contribution is 2.33. The van der Waals surface area contributed by atoms with Crippen LogP contribution in [-0.4, -0.2) is 29.4 Å². The zero-order valence-electron chi connectivity index (χ0n) is 13.3. The summed E-state index contributed by atoms with van der Waals surface area (Å²) in [5.74, 6) is 1.54. The van der Waals surface area contributed by atoms with Crippen LogP contribution in [0.25, 0.3) is 27.0 Å². The normalized spacial score (nSPS) is 11.4. The van der Waals surface area contributed by atoms with Gasteiger partial charge < -0.3 is 5.32 Å². The smallest absolute Gasteiger partial charge is 0.155 e. The number of hydrogen-bond donors (Lipinski definition) is 1. The van der Waals surface area contributed by atoms with Crippen molar-refractivity contribution in [1.82, 2.24) is 29.4 Å². The molecule has 5 aromatic rings. The third kappa shape index (κ3) is 2.43. The molecule has 0 aliphatic carbocycles. The highest BCUT2D eigenvalue weighted by molar-refractivity contribution is 7.17. The number of thiophene rings is 1. The van der Waals surface area contributed by atoms with Crippen LogP contribution in [0.3, 0.4) is 0 Å². The topological polar surface area (TPSA) is 72.9 Å². The van der Waals surface area contributed by atoms with Crippen molar-refractivity contribution in [1.29, 1.82) is 0 Å². The molecule has 0 amide bonds. The third-order valence-electron chi connectivity index (χ3n) is 3.97. The lowest BCUT2D eigenvalue weighted by Gasteiger charge is -2.04. The summed E-state index contributed by atoms with van der Waals surface area (Å²) < 4.78 is 4.67. The SMILES string of the molecule is Cn1ccc(Nc2ccc3scc(-c4ccc5ncnn5c4)c3n2)n1. The number of hydrogen-bond acceptors (Lipinski definition) is 6. The van der Waals surface area contributed by atoms with E-state index in [-0.39, 0.29) is 0 Å². The van der Waals surface area contributed by atoms with Crippen molar-refractivity contribution in [2.24, 2.45) is 7.05 Å². The second-order valence-electron chi connectivity index (χ2n) is 5.67. The molecule has 0 atom stereocenters. The first-order valence-electron chi connectivity index (χ1n) is 7.71. The van der Waals surface area contributed by atoms with Gasteiger partial charge in [0.1, 0.15) is 12.1 Å². The van der Waals surface area contributed by atoms with Crippen LogP contribution in [0.4, 0.5) is 11.6 Å². The summed E-state index contributed by atoms with van der Waals surface area (Å²) in [6, 6.07) is 9.97. The predicted octanol–water partition coefficient (Wildman–Crippen LogP) is 3.48. The Hall–Kier alpha value is -3.26. The summed E-state index contributed by atoms with van der Waals surface area (Å²) in [6.45, 7) is 0. The van der Waals surface area contributed by atoms with Crippen LogP contribution in [-0.2, 0) is 7.05 Å². The minimum absolute atomic E-state index is 0.771. The molecule has 1 N–H and O–H groups in total. The van der Waals surface area contributed by atoms with Gasteiger partial charge >= 0.3 is 0 Å². The fraction of sp³-hybridized carbons (Fsp3) is 0.0588. The van der Waals surface area contributed by atoms with Crippen LogP contribution in [0.1, 0.15) is 0 Å². The Bertz CT molecular complexity index is 1200. The molecule has 0 aromatic carbocycles. The standard InChI is InChI=1S/C17H13N7S/c1-23-7-6-15(22-23)20-14-4-3-13-17(21-14)12(9-25-13)11-2-5-16-18-10-19-24(16)8-11/h2-10H,1H3,(H,20,21,22). The highest BCUT2D eigenvalue weighted by Gasteiger charge is 2.11. The van der Waals surface area contributed by atoms with Crippen molar-refractivity contribution >= 4 is 38.8 Å². The van der Waals surface area contributed by atoms with Crippen molar-refractivity contribution < 1.29 is 0 Å². The van der Waals surface area contributed by atoms with E-state index >= 15 is 0 Å². The van der Waals surface area contributed by atoms with Gasteiger partial charge in [-0.2, -0.15) is 10.2 Å². The summed E-state index contributed by atoms with van der Waals surface area (Å²) in [5, 5.41) is 13.9. The number of fused-ring (bicyclic) bond motifs is 2. The van der Waals surface area contributed by atoms with E-state index in [2.05, 4.69) is 31.9 Å². The Labute approximate surface area is 146 Å². The maximum atomic E-state index is 4.79. The molecule has 0 aliphatic heterocycles. The van der Waals surface area contributed by atoms with E-state index in [0.717, 1.165) is 38.6 Å². The van der Waals surface area contributed by atoms with Crippen molar-refractivity contribution in [3.63, 3.8) is 0 Å². The number of rotatable bonds is 3. The molecule has 5 rings (SSSR count). The van der Waals surface area contributed by atoms with Gasteiger partial charge in [0.05, 0.1) is 10.2 Å². The van der Waals surface area contributed by atoms with E-state index in [1.807, 2.05) is 43.7 Å². The molecule has 0 saturated heterocycles. The lowest BCUT2D eigenvalue weighted by molar-refractivity contribution is 0.771. The minimum atomic E-state index is 0.771. The molecule has 8 heteroatoms. The van der Waals surface area contributed by atoms with E-state index < -0.39 is 0 Å². The van der Waals surface area contributed by atoms with Gasteiger partial charge in [-0.1, -0.05) is 0 Å². The van der Waals surface area contributed by atoms with Gasteiger partial charge in [0.2, 0.25) is 0 Å². The zero-order chi connectivity index (χ0) is 16.8. The van der Waals surface area contributed by atoms with Gasteiger partial charge in [-0.3, -0.25) is 4.68 Å². The summed E-state index contributed by atoms with van der Waals surface area (Å²) >= 11 is 1.68.